The van der Waals surface area contributed by atoms with Crippen LogP contribution in [0.2, 0.25) is 0 Å². The van der Waals surface area contributed by atoms with E-state index < -0.39 is 15.8 Å². The monoisotopic (exact) mass is 271 g/mol. The molecular weight excluding hydrogens is 261 g/mol. The third-order valence-corrected chi connectivity index (χ3v) is 3.60. The molecule has 0 aliphatic carbocycles. The van der Waals surface area contributed by atoms with Gasteiger partial charge in [0.05, 0.1) is 5.69 Å². The molecule has 0 spiro atoms. The number of anilines is 2. The standard InChI is InChI=1S/C9H10FN5O2S/c1-15-9(12-5-13-15)14-18(16,17)8-3-2-6(10)4-7(8)11/h2-5H,11H2,1H3,(H,12,13,14). The molecular formula is C9H10FN5O2S. The Bertz CT molecular complexity index is 682. The molecule has 0 fully saturated rings. The quantitative estimate of drug-likeness (QED) is 0.783. The van der Waals surface area contributed by atoms with Crippen LogP contribution in [-0.2, 0) is 17.1 Å². The number of rotatable bonds is 3. The topological polar surface area (TPSA) is 103 Å². The predicted molar refractivity (Wildman–Crippen MR) is 62.6 cm³/mol. The van der Waals surface area contributed by atoms with E-state index in [0.717, 1.165) is 18.2 Å². The molecule has 7 nitrogen and oxygen atoms in total. The molecule has 0 saturated carbocycles. The minimum absolute atomic E-state index is 0.0405. The van der Waals surface area contributed by atoms with Crippen molar-refractivity contribution in [2.75, 3.05) is 10.5 Å². The zero-order valence-corrected chi connectivity index (χ0v) is 10.1. The van der Waals surface area contributed by atoms with Gasteiger partial charge in [-0.2, -0.15) is 10.1 Å². The van der Waals surface area contributed by atoms with Gasteiger partial charge in [0.2, 0.25) is 5.95 Å². The number of sulfonamides is 1. The summed E-state index contributed by atoms with van der Waals surface area (Å²) in [5.41, 5.74) is 5.30. The second-order valence-corrected chi connectivity index (χ2v) is 5.15. The summed E-state index contributed by atoms with van der Waals surface area (Å²) < 4.78 is 40.3. The number of hydrogen-bond donors (Lipinski definition) is 2. The minimum atomic E-state index is -3.92. The van der Waals surface area contributed by atoms with E-state index >= 15 is 0 Å². The summed E-state index contributed by atoms with van der Waals surface area (Å²) in [5.74, 6) is -0.566. The van der Waals surface area contributed by atoms with E-state index in [0.29, 0.717) is 0 Å². The highest BCUT2D eigenvalue weighted by molar-refractivity contribution is 7.92. The molecule has 0 radical (unpaired) electrons. The van der Waals surface area contributed by atoms with Gasteiger partial charge in [-0.25, -0.2) is 22.2 Å². The minimum Gasteiger partial charge on any atom is -0.398 e. The van der Waals surface area contributed by atoms with Crippen molar-refractivity contribution >= 4 is 21.7 Å². The van der Waals surface area contributed by atoms with E-state index in [2.05, 4.69) is 14.8 Å². The van der Waals surface area contributed by atoms with Crippen LogP contribution in [0.25, 0.3) is 0 Å². The zero-order valence-electron chi connectivity index (χ0n) is 9.33. The van der Waals surface area contributed by atoms with Crippen molar-refractivity contribution in [3.05, 3.63) is 30.3 Å². The lowest BCUT2D eigenvalue weighted by atomic mass is 10.3. The Morgan fingerprint density at radius 2 is 2.17 bits per heavy atom. The average molecular weight is 271 g/mol. The summed E-state index contributed by atoms with van der Waals surface area (Å²) in [4.78, 5) is 3.50. The van der Waals surface area contributed by atoms with Crippen LogP contribution < -0.4 is 10.5 Å². The normalized spacial score (nSPS) is 11.4. The van der Waals surface area contributed by atoms with Crippen LogP contribution in [0.3, 0.4) is 0 Å². The first-order chi connectivity index (χ1) is 8.40. The summed E-state index contributed by atoms with van der Waals surface area (Å²) in [6.45, 7) is 0. The third kappa shape index (κ3) is 2.25. The Balaban J connectivity index is 2.40. The van der Waals surface area contributed by atoms with Gasteiger partial charge < -0.3 is 5.73 Å². The van der Waals surface area contributed by atoms with E-state index in [1.807, 2.05) is 0 Å². The molecule has 96 valence electrons. The Kier molecular flexibility index (Phi) is 2.91. The van der Waals surface area contributed by atoms with Crippen molar-refractivity contribution < 1.29 is 12.8 Å². The van der Waals surface area contributed by atoms with Gasteiger partial charge in [0, 0.05) is 7.05 Å². The molecule has 0 aliphatic rings. The number of hydrogen-bond acceptors (Lipinski definition) is 5. The fourth-order valence-electron chi connectivity index (χ4n) is 1.33. The number of halogens is 1. The molecule has 0 atom stereocenters. The smallest absolute Gasteiger partial charge is 0.266 e. The van der Waals surface area contributed by atoms with Crippen molar-refractivity contribution in [2.45, 2.75) is 4.90 Å². The van der Waals surface area contributed by atoms with Crippen LogP contribution in [0, 0.1) is 5.82 Å². The predicted octanol–water partition coefficient (Wildman–Crippen LogP) is 0.337. The molecule has 3 N–H and O–H groups in total. The molecule has 2 aromatic rings. The Hall–Kier alpha value is -2.16. The van der Waals surface area contributed by atoms with Crippen LogP contribution in [-0.4, -0.2) is 23.2 Å². The molecule has 2 rings (SSSR count). The van der Waals surface area contributed by atoms with E-state index in [1.165, 1.54) is 18.1 Å². The number of aromatic nitrogens is 3. The van der Waals surface area contributed by atoms with Crippen LogP contribution >= 0.6 is 0 Å². The fourth-order valence-corrected chi connectivity index (χ4v) is 2.48. The Labute approximate surface area is 102 Å². The first-order valence-corrected chi connectivity index (χ1v) is 6.30. The summed E-state index contributed by atoms with van der Waals surface area (Å²) in [5, 5.41) is 3.72. The van der Waals surface area contributed by atoms with Gasteiger partial charge in [0.1, 0.15) is 17.0 Å². The fraction of sp³-hybridized carbons (Fsp3) is 0.111. The maximum atomic E-state index is 12.9. The first kappa shape index (κ1) is 12.3. The number of nitrogens with two attached hydrogens (primary N) is 1. The lowest BCUT2D eigenvalue weighted by molar-refractivity contribution is 0.599. The Morgan fingerprint density at radius 3 is 2.72 bits per heavy atom. The second-order valence-electron chi connectivity index (χ2n) is 3.49. The molecule has 1 heterocycles. The highest BCUT2D eigenvalue weighted by Gasteiger charge is 2.19. The van der Waals surface area contributed by atoms with Crippen LogP contribution in [0.4, 0.5) is 16.0 Å². The average Bonchev–Trinajstić information content (AvgIpc) is 2.63. The van der Waals surface area contributed by atoms with Gasteiger partial charge in [-0.15, -0.1) is 0 Å². The SMILES string of the molecule is Cn1ncnc1NS(=O)(=O)c1ccc(F)cc1N. The summed E-state index contributed by atoms with van der Waals surface area (Å²) >= 11 is 0. The number of benzene rings is 1. The maximum Gasteiger partial charge on any atom is 0.266 e. The molecule has 0 aliphatic heterocycles. The molecule has 1 aromatic carbocycles. The van der Waals surface area contributed by atoms with E-state index in [9.17, 15) is 12.8 Å². The molecule has 1 aromatic heterocycles. The van der Waals surface area contributed by atoms with Gasteiger partial charge in [-0.3, -0.25) is 0 Å². The summed E-state index contributed by atoms with van der Waals surface area (Å²) in [6, 6.07) is 3.04. The summed E-state index contributed by atoms with van der Waals surface area (Å²) in [6.07, 6.45) is 1.20. The third-order valence-electron chi connectivity index (χ3n) is 2.20. The zero-order chi connectivity index (χ0) is 13.3. The van der Waals surface area contributed by atoms with E-state index in [1.54, 1.807) is 0 Å². The number of nitrogens with zero attached hydrogens (tertiary/aromatic N) is 3. The molecule has 0 amide bonds. The maximum absolute atomic E-state index is 12.9. The highest BCUT2D eigenvalue weighted by Crippen LogP contribution is 2.21. The Morgan fingerprint density at radius 1 is 1.44 bits per heavy atom. The second kappa shape index (κ2) is 4.26. The molecule has 18 heavy (non-hydrogen) atoms. The molecule has 0 unspecified atom stereocenters. The van der Waals surface area contributed by atoms with E-state index in [-0.39, 0.29) is 16.5 Å². The van der Waals surface area contributed by atoms with E-state index in [4.69, 9.17) is 5.73 Å². The van der Waals surface area contributed by atoms with Crippen LogP contribution in [0.1, 0.15) is 0 Å². The number of aryl methyl sites for hydroxylation is 1. The van der Waals surface area contributed by atoms with Crippen molar-refractivity contribution in [3.8, 4) is 0 Å². The number of nitrogens with one attached hydrogen (secondary N) is 1. The van der Waals surface area contributed by atoms with Crippen molar-refractivity contribution in [2.24, 2.45) is 7.05 Å². The lowest BCUT2D eigenvalue weighted by Crippen LogP contribution is -2.17. The van der Waals surface area contributed by atoms with Gasteiger partial charge in [-0.1, -0.05) is 0 Å². The van der Waals surface area contributed by atoms with Gasteiger partial charge in [0.25, 0.3) is 10.0 Å². The molecule has 9 heteroatoms. The number of nitrogen functional groups attached to an aromatic ring is 1. The highest BCUT2D eigenvalue weighted by atomic mass is 32.2. The molecule has 0 saturated heterocycles. The van der Waals surface area contributed by atoms with Crippen molar-refractivity contribution in [1.29, 1.82) is 0 Å². The van der Waals surface area contributed by atoms with Crippen LogP contribution in [0.5, 0.6) is 0 Å². The van der Waals surface area contributed by atoms with Gasteiger partial charge in [-0.05, 0) is 18.2 Å². The first-order valence-electron chi connectivity index (χ1n) is 4.82. The molecule has 0 bridgehead atoms. The summed E-state index contributed by atoms with van der Waals surface area (Å²) in [7, 11) is -2.39. The van der Waals surface area contributed by atoms with Crippen LogP contribution in [0.15, 0.2) is 29.4 Å². The van der Waals surface area contributed by atoms with Crippen molar-refractivity contribution in [3.63, 3.8) is 0 Å². The largest absolute Gasteiger partial charge is 0.398 e. The lowest BCUT2D eigenvalue weighted by Gasteiger charge is -2.08. The van der Waals surface area contributed by atoms with Gasteiger partial charge in [0.15, 0.2) is 0 Å². The van der Waals surface area contributed by atoms with Gasteiger partial charge >= 0.3 is 0 Å². The van der Waals surface area contributed by atoms with Crippen molar-refractivity contribution in [1.82, 2.24) is 14.8 Å².